The van der Waals surface area contributed by atoms with Gasteiger partial charge >= 0.3 is 0 Å². The number of sulfonamides is 1. The Labute approximate surface area is 264 Å². The maximum Gasteiger partial charge on any atom is 0.264 e. The molecule has 0 aliphatic carbocycles. The molecule has 1 N–H and O–H groups in total. The molecule has 10 heteroatoms. The fourth-order valence-electron chi connectivity index (χ4n) is 4.84. The number of aryl methyl sites for hydroxylation is 1. The molecule has 8 nitrogen and oxygen atoms in total. The van der Waals surface area contributed by atoms with Gasteiger partial charge in [-0.2, -0.15) is 0 Å². The van der Waals surface area contributed by atoms with Gasteiger partial charge in [-0.3, -0.25) is 13.9 Å². The molecule has 0 aromatic heterocycles. The molecule has 4 aromatic carbocycles. The summed E-state index contributed by atoms with van der Waals surface area (Å²) in [6, 6.07) is 26.8. The van der Waals surface area contributed by atoms with Gasteiger partial charge in [-0.05, 0) is 60.9 Å². The number of hydrogen-bond donors (Lipinski definition) is 1. The predicted octanol–water partition coefficient (Wildman–Crippen LogP) is 5.50. The highest BCUT2D eigenvalue weighted by Gasteiger charge is 2.34. The lowest BCUT2D eigenvalue weighted by molar-refractivity contribution is -0.140. The summed E-state index contributed by atoms with van der Waals surface area (Å²) in [5.74, 6) is -1.00. The molecule has 2 amide bonds. The topological polar surface area (TPSA) is 96.0 Å². The van der Waals surface area contributed by atoms with Gasteiger partial charge in [0.05, 0.1) is 17.7 Å². The average molecular weight is 632 g/mol. The van der Waals surface area contributed by atoms with Gasteiger partial charge in [0.1, 0.15) is 24.2 Å². The van der Waals surface area contributed by atoms with Gasteiger partial charge in [-0.1, -0.05) is 73.2 Å². The fourth-order valence-corrected chi connectivity index (χ4v) is 6.24. The van der Waals surface area contributed by atoms with Crippen LogP contribution in [-0.4, -0.2) is 51.4 Å². The van der Waals surface area contributed by atoms with E-state index in [2.05, 4.69) is 5.32 Å². The second-order valence-corrected chi connectivity index (χ2v) is 12.5. The Morgan fingerprint density at radius 2 is 1.58 bits per heavy atom. The number of benzene rings is 4. The van der Waals surface area contributed by atoms with Crippen molar-refractivity contribution in [1.29, 1.82) is 0 Å². The van der Waals surface area contributed by atoms with Crippen LogP contribution in [-0.2, 0) is 32.6 Å². The van der Waals surface area contributed by atoms with Crippen molar-refractivity contribution in [2.24, 2.45) is 0 Å². The average Bonchev–Trinajstić information content (AvgIpc) is 3.05. The van der Waals surface area contributed by atoms with Crippen LogP contribution in [0.4, 0.5) is 10.1 Å². The van der Waals surface area contributed by atoms with Crippen molar-refractivity contribution in [3.8, 4) is 5.75 Å². The molecule has 0 saturated heterocycles. The van der Waals surface area contributed by atoms with Gasteiger partial charge in [-0.25, -0.2) is 12.8 Å². The summed E-state index contributed by atoms with van der Waals surface area (Å²) in [6.07, 6.45) is 0.876. The minimum absolute atomic E-state index is 0.00956. The summed E-state index contributed by atoms with van der Waals surface area (Å²) in [5, 5.41) is 2.90. The number of nitrogens with zero attached hydrogens (tertiary/aromatic N) is 2. The molecular formula is C35H38FN3O5S. The summed E-state index contributed by atoms with van der Waals surface area (Å²) in [7, 11) is -2.77. The first-order valence-electron chi connectivity index (χ1n) is 14.7. The van der Waals surface area contributed by atoms with E-state index in [1.165, 1.54) is 36.3 Å². The molecule has 236 valence electrons. The van der Waals surface area contributed by atoms with Gasteiger partial charge in [0.2, 0.25) is 11.8 Å². The molecule has 0 radical (unpaired) electrons. The Bertz CT molecular complexity index is 1680. The second kappa shape index (κ2) is 15.3. The van der Waals surface area contributed by atoms with Crippen LogP contribution < -0.4 is 14.4 Å². The predicted molar refractivity (Wildman–Crippen MR) is 173 cm³/mol. The van der Waals surface area contributed by atoms with Crippen LogP contribution in [0.25, 0.3) is 0 Å². The highest BCUT2D eigenvalue weighted by Crippen LogP contribution is 2.28. The second-order valence-electron chi connectivity index (χ2n) is 10.7. The number of rotatable bonds is 14. The number of carbonyl (C=O) groups is 2. The van der Waals surface area contributed by atoms with Crippen LogP contribution >= 0.6 is 0 Å². The summed E-state index contributed by atoms with van der Waals surface area (Å²) >= 11 is 0. The van der Waals surface area contributed by atoms with E-state index in [0.29, 0.717) is 24.3 Å². The molecule has 1 atom stereocenters. The maximum absolute atomic E-state index is 14.4. The third-order valence-electron chi connectivity index (χ3n) is 7.32. The van der Waals surface area contributed by atoms with Crippen molar-refractivity contribution in [3.63, 3.8) is 0 Å². The number of ether oxygens (including phenoxy) is 1. The van der Waals surface area contributed by atoms with E-state index in [1.807, 2.05) is 44.2 Å². The van der Waals surface area contributed by atoms with Crippen LogP contribution in [0.15, 0.2) is 108 Å². The molecular weight excluding hydrogens is 593 g/mol. The van der Waals surface area contributed by atoms with Crippen molar-refractivity contribution >= 4 is 27.5 Å². The lowest BCUT2D eigenvalue weighted by Gasteiger charge is -2.34. The Hall–Kier alpha value is -4.70. The Morgan fingerprint density at radius 3 is 2.22 bits per heavy atom. The number of carbonyl (C=O) groups excluding carboxylic acids is 2. The van der Waals surface area contributed by atoms with Gasteiger partial charge in [0, 0.05) is 25.6 Å². The van der Waals surface area contributed by atoms with E-state index in [-0.39, 0.29) is 29.5 Å². The zero-order valence-electron chi connectivity index (χ0n) is 25.6. The molecule has 4 rings (SSSR count). The van der Waals surface area contributed by atoms with E-state index < -0.39 is 34.3 Å². The van der Waals surface area contributed by atoms with Crippen LogP contribution in [0.2, 0.25) is 0 Å². The molecule has 0 aliphatic rings. The van der Waals surface area contributed by atoms with Crippen molar-refractivity contribution in [2.45, 2.75) is 44.2 Å². The third-order valence-corrected chi connectivity index (χ3v) is 9.10. The van der Waals surface area contributed by atoms with E-state index in [0.717, 1.165) is 15.4 Å². The van der Waals surface area contributed by atoms with Crippen LogP contribution in [0.5, 0.6) is 5.75 Å². The first-order valence-corrected chi connectivity index (χ1v) is 16.2. The van der Waals surface area contributed by atoms with Crippen LogP contribution in [0.1, 0.15) is 30.0 Å². The van der Waals surface area contributed by atoms with Crippen LogP contribution in [0, 0.1) is 12.7 Å². The lowest BCUT2D eigenvalue weighted by Crippen LogP contribution is -2.53. The summed E-state index contributed by atoms with van der Waals surface area (Å²) in [5.41, 5.74) is 2.51. The Kier molecular flexibility index (Phi) is 11.3. The zero-order chi connectivity index (χ0) is 32.4. The monoisotopic (exact) mass is 631 g/mol. The molecule has 0 aliphatic heterocycles. The van der Waals surface area contributed by atoms with Crippen LogP contribution in [0.3, 0.4) is 0 Å². The normalized spacial score (nSPS) is 11.8. The van der Waals surface area contributed by atoms with Gasteiger partial charge in [0.15, 0.2) is 0 Å². The van der Waals surface area contributed by atoms with Gasteiger partial charge < -0.3 is 15.0 Å². The first-order chi connectivity index (χ1) is 21.6. The number of hydrogen-bond acceptors (Lipinski definition) is 5. The molecule has 0 unspecified atom stereocenters. The van der Waals surface area contributed by atoms with E-state index in [9.17, 15) is 22.4 Å². The highest BCUT2D eigenvalue weighted by atomic mass is 32.2. The number of nitrogens with one attached hydrogen (secondary N) is 1. The van der Waals surface area contributed by atoms with E-state index in [4.69, 9.17) is 4.74 Å². The first kappa shape index (κ1) is 33.2. The maximum atomic E-state index is 14.4. The Balaban J connectivity index is 1.80. The molecule has 45 heavy (non-hydrogen) atoms. The number of halogens is 1. The third kappa shape index (κ3) is 8.69. The standard InChI is InChI=1S/C35H38FN3O5S/c1-4-21-37-35(41)33(22-27-9-6-5-7-10-27)38(24-28-15-17-29(36)18-16-28)34(40)25-39(30-11-8-12-31(23-30)44-3)45(42,43)32-19-13-26(2)14-20-32/h5-20,23,33H,4,21-22,24-25H2,1-3H3,(H,37,41)/t33-/m0/s1. The summed E-state index contributed by atoms with van der Waals surface area (Å²) in [4.78, 5) is 29.5. The number of methoxy groups -OCH3 is 1. The largest absolute Gasteiger partial charge is 0.497 e. The fraction of sp³-hybridized carbons (Fsp3) is 0.257. The highest BCUT2D eigenvalue weighted by molar-refractivity contribution is 7.92. The minimum Gasteiger partial charge on any atom is -0.497 e. The SMILES string of the molecule is CCCNC(=O)[C@H](Cc1ccccc1)N(Cc1ccc(F)cc1)C(=O)CN(c1cccc(OC)c1)S(=O)(=O)c1ccc(C)cc1. The molecule has 0 spiro atoms. The zero-order valence-corrected chi connectivity index (χ0v) is 26.5. The minimum atomic E-state index is -4.24. The summed E-state index contributed by atoms with van der Waals surface area (Å²) < 4.78 is 48.4. The van der Waals surface area contributed by atoms with Gasteiger partial charge in [0.25, 0.3) is 10.0 Å². The number of amides is 2. The van der Waals surface area contributed by atoms with Crippen molar-refractivity contribution in [2.75, 3.05) is 24.5 Å². The van der Waals surface area contributed by atoms with Crippen molar-refractivity contribution in [3.05, 3.63) is 126 Å². The summed E-state index contributed by atoms with van der Waals surface area (Å²) in [6.45, 7) is 3.53. The van der Waals surface area contributed by atoms with E-state index >= 15 is 0 Å². The molecule has 0 heterocycles. The molecule has 0 fully saturated rings. The molecule has 0 saturated carbocycles. The van der Waals surface area contributed by atoms with E-state index in [1.54, 1.807) is 48.5 Å². The lowest BCUT2D eigenvalue weighted by atomic mass is 10.0. The van der Waals surface area contributed by atoms with Gasteiger partial charge in [-0.15, -0.1) is 0 Å². The smallest absolute Gasteiger partial charge is 0.264 e. The Morgan fingerprint density at radius 1 is 0.889 bits per heavy atom. The van der Waals surface area contributed by atoms with Crippen molar-refractivity contribution < 1.29 is 27.1 Å². The number of anilines is 1. The molecule has 0 bridgehead atoms. The quantitative estimate of drug-likeness (QED) is 0.198. The van der Waals surface area contributed by atoms with Crippen molar-refractivity contribution in [1.82, 2.24) is 10.2 Å². The molecule has 4 aromatic rings.